The minimum Gasteiger partial charge on any atom is -0.361 e. The first-order valence-electron chi connectivity index (χ1n) is 9.63. The summed E-state index contributed by atoms with van der Waals surface area (Å²) in [5, 5.41) is 11.0. The van der Waals surface area contributed by atoms with Crippen LogP contribution in [0.15, 0.2) is 33.8 Å². The number of hydrogen-bond donors (Lipinski definition) is 2. The molecule has 0 spiro atoms. The Balaban J connectivity index is 0.00000392. The third-order valence-electron chi connectivity index (χ3n) is 4.81. The second-order valence-electron chi connectivity index (χ2n) is 6.93. The molecule has 0 fully saturated rings. The smallest absolute Gasteiger partial charge is 0.191 e. The van der Waals surface area contributed by atoms with E-state index in [1.807, 2.05) is 0 Å². The monoisotopic (exact) mass is 499 g/mol. The zero-order chi connectivity index (χ0) is 19.8. The molecule has 2 aromatic rings. The van der Waals surface area contributed by atoms with Gasteiger partial charge in [-0.15, -0.1) is 24.0 Å². The molecule has 2 N–H and O–H groups in total. The highest BCUT2D eigenvalue weighted by Crippen LogP contribution is 2.18. The van der Waals surface area contributed by atoms with Crippen molar-refractivity contribution in [3.63, 3.8) is 0 Å². The summed E-state index contributed by atoms with van der Waals surface area (Å²) in [5.41, 5.74) is 4.72. The summed E-state index contributed by atoms with van der Waals surface area (Å²) in [7, 11) is 5.99. The van der Waals surface area contributed by atoms with Crippen LogP contribution in [0, 0.1) is 6.92 Å². The van der Waals surface area contributed by atoms with Crippen molar-refractivity contribution in [1.29, 1.82) is 0 Å². The molecule has 1 aromatic heterocycles. The SMILES string of the molecule is CCc1noc(CC)c1CNC(=NC)NCC(c1ccc(C)cc1)N(C)C.I. The number of likely N-dealkylation sites (N-methyl/N-ethyl adjacent to an activating group) is 1. The summed E-state index contributed by atoms with van der Waals surface area (Å²) in [4.78, 5) is 6.58. The Hall–Kier alpha value is -1.61. The van der Waals surface area contributed by atoms with Crippen LogP contribution in [0.4, 0.5) is 0 Å². The largest absolute Gasteiger partial charge is 0.361 e. The normalized spacial score (nSPS) is 12.6. The Morgan fingerprint density at radius 1 is 1.14 bits per heavy atom. The number of aliphatic imine (C=N–C) groups is 1. The summed E-state index contributed by atoms with van der Waals surface area (Å²) in [5.74, 6) is 1.72. The maximum Gasteiger partial charge on any atom is 0.191 e. The van der Waals surface area contributed by atoms with E-state index in [1.54, 1.807) is 7.05 Å². The van der Waals surface area contributed by atoms with Crippen LogP contribution < -0.4 is 10.6 Å². The van der Waals surface area contributed by atoms with Gasteiger partial charge >= 0.3 is 0 Å². The van der Waals surface area contributed by atoms with Crippen molar-refractivity contribution in [3.8, 4) is 0 Å². The summed E-state index contributed by atoms with van der Waals surface area (Å²) in [6.45, 7) is 7.71. The Labute approximate surface area is 186 Å². The van der Waals surface area contributed by atoms with Crippen molar-refractivity contribution < 1.29 is 4.52 Å². The van der Waals surface area contributed by atoms with E-state index in [-0.39, 0.29) is 30.0 Å². The number of hydrogen-bond acceptors (Lipinski definition) is 4. The highest BCUT2D eigenvalue weighted by Gasteiger charge is 2.16. The molecule has 1 heterocycles. The van der Waals surface area contributed by atoms with Crippen molar-refractivity contribution in [2.24, 2.45) is 4.99 Å². The molecule has 1 atom stereocenters. The lowest BCUT2D eigenvalue weighted by molar-refractivity contribution is 0.298. The molecule has 1 unspecified atom stereocenters. The Kier molecular flexibility index (Phi) is 10.5. The fourth-order valence-electron chi connectivity index (χ4n) is 3.11. The zero-order valence-corrected chi connectivity index (χ0v) is 20.2. The summed E-state index contributed by atoms with van der Waals surface area (Å²) >= 11 is 0. The lowest BCUT2D eigenvalue weighted by Crippen LogP contribution is -2.41. The van der Waals surface area contributed by atoms with Crippen molar-refractivity contribution in [3.05, 3.63) is 52.4 Å². The van der Waals surface area contributed by atoms with Crippen LogP contribution in [0.3, 0.4) is 0 Å². The molecule has 0 aliphatic rings. The Morgan fingerprint density at radius 3 is 2.36 bits per heavy atom. The van der Waals surface area contributed by atoms with Crippen LogP contribution in [0.2, 0.25) is 0 Å². The molecule has 0 aliphatic carbocycles. The minimum atomic E-state index is 0. The highest BCUT2D eigenvalue weighted by atomic mass is 127. The van der Waals surface area contributed by atoms with Gasteiger partial charge in [-0.05, 0) is 33.0 Å². The fourth-order valence-corrected chi connectivity index (χ4v) is 3.11. The zero-order valence-electron chi connectivity index (χ0n) is 17.9. The van der Waals surface area contributed by atoms with Crippen molar-refractivity contribution >= 4 is 29.9 Å². The van der Waals surface area contributed by atoms with E-state index < -0.39 is 0 Å². The van der Waals surface area contributed by atoms with Gasteiger partial charge in [0.2, 0.25) is 0 Å². The number of halogens is 1. The predicted octanol–water partition coefficient (Wildman–Crippen LogP) is 3.69. The van der Waals surface area contributed by atoms with E-state index in [9.17, 15) is 0 Å². The predicted molar refractivity (Wildman–Crippen MR) is 126 cm³/mol. The van der Waals surface area contributed by atoms with Crippen LogP contribution in [0.5, 0.6) is 0 Å². The number of guanidine groups is 1. The molecule has 1 aromatic carbocycles. The van der Waals surface area contributed by atoms with Gasteiger partial charge in [-0.25, -0.2) is 0 Å². The molecule has 7 heteroatoms. The van der Waals surface area contributed by atoms with E-state index >= 15 is 0 Å². The number of benzene rings is 1. The second-order valence-corrected chi connectivity index (χ2v) is 6.93. The fraction of sp³-hybridized carbons (Fsp3) is 0.524. The van der Waals surface area contributed by atoms with Gasteiger partial charge in [-0.3, -0.25) is 4.99 Å². The number of rotatable bonds is 8. The van der Waals surface area contributed by atoms with Gasteiger partial charge in [0.1, 0.15) is 5.76 Å². The van der Waals surface area contributed by atoms with E-state index in [0.717, 1.165) is 42.4 Å². The number of nitrogens with zero attached hydrogens (tertiary/aromatic N) is 3. The van der Waals surface area contributed by atoms with Crippen LogP contribution in [-0.4, -0.2) is 43.7 Å². The standard InChI is InChI=1S/C21H33N5O.HI/c1-7-18-17(20(8-2)27-25-18)13-23-21(22-4)24-14-19(26(5)6)16-11-9-15(3)10-12-16;/h9-12,19H,7-8,13-14H2,1-6H3,(H2,22,23,24);1H. The number of aromatic nitrogens is 1. The first-order valence-corrected chi connectivity index (χ1v) is 9.63. The minimum absolute atomic E-state index is 0. The molecular weight excluding hydrogens is 465 g/mol. The molecule has 28 heavy (non-hydrogen) atoms. The second kappa shape index (κ2) is 12.1. The number of nitrogens with one attached hydrogen (secondary N) is 2. The topological polar surface area (TPSA) is 65.7 Å². The maximum atomic E-state index is 5.44. The highest BCUT2D eigenvalue weighted by molar-refractivity contribution is 14.0. The van der Waals surface area contributed by atoms with Crippen LogP contribution in [0.25, 0.3) is 0 Å². The van der Waals surface area contributed by atoms with Crippen LogP contribution in [-0.2, 0) is 19.4 Å². The van der Waals surface area contributed by atoms with E-state index in [4.69, 9.17) is 4.52 Å². The van der Waals surface area contributed by atoms with Gasteiger partial charge in [-0.2, -0.15) is 0 Å². The summed E-state index contributed by atoms with van der Waals surface area (Å²) < 4.78 is 5.44. The molecule has 0 aliphatic heterocycles. The van der Waals surface area contributed by atoms with Crippen LogP contribution >= 0.6 is 24.0 Å². The molecular formula is C21H34IN5O. The van der Waals surface area contributed by atoms with Gasteiger partial charge in [-0.1, -0.05) is 48.8 Å². The summed E-state index contributed by atoms with van der Waals surface area (Å²) in [6.07, 6.45) is 1.70. The number of aryl methyl sites for hydroxylation is 3. The van der Waals surface area contributed by atoms with Gasteiger partial charge in [0, 0.05) is 32.1 Å². The van der Waals surface area contributed by atoms with Gasteiger partial charge in [0.25, 0.3) is 0 Å². The first kappa shape index (κ1) is 24.4. The lowest BCUT2D eigenvalue weighted by Gasteiger charge is -2.26. The molecule has 0 saturated carbocycles. The molecule has 0 bridgehead atoms. The first-order chi connectivity index (χ1) is 13.0. The van der Waals surface area contributed by atoms with Gasteiger partial charge in [0.15, 0.2) is 5.96 Å². The molecule has 156 valence electrons. The lowest BCUT2D eigenvalue weighted by atomic mass is 10.0. The average molecular weight is 499 g/mol. The van der Waals surface area contributed by atoms with E-state index in [1.165, 1.54) is 11.1 Å². The van der Waals surface area contributed by atoms with Crippen LogP contribution in [0.1, 0.15) is 48.0 Å². The van der Waals surface area contributed by atoms with Crippen molar-refractivity contribution in [2.45, 2.75) is 46.2 Å². The maximum absolute atomic E-state index is 5.44. The third-order valence-corrected chi connectivity index (χ3v) is 4.81. The van der Waals surface area contributed by atoms with E-state index in [2.05, 4.69) is 84.8 Å². The molecule has 0 radical (unpaired) electrons. The molecule has 0 amide bonds. The molecule has 2 rings (SSSR count). The average Bonchev–Trinajstić information content (AvgIpc) is 3.07. The molecule has 6 nitrogen and oxygen atoms in total. The van der Waals surface area contributed by atoms with Gasteiger partial charge < -0.3 is 20.1 Å². The quantitative estimate of drug-likeness (QED) is 0.330. The molecule has 0 saturated heterocycles. The Bertz CT molecular complexity index is 718. The van der Waals surface area contributed by atoms with E-state index in [0.29, 0.717) is 6.54 Å². The third kappa shape index (κ3) is 6.48. The van der Waals surface area contributed by atoms with Crippen molar-refractivity contribution in [1.82, 2.24) is 20.7 Å². The van der Waals surface area contributed by atoms with Crippen molar-refractivity contribution in [2.75, 3.05) is 27.7 Å². The summed E-state index contributed by atoms with van der Waals surface area (Å²) in [6, 6.07) is 8.95. The Morgan fingerprint density at radius 2 is 1.82 bits per heavy atom. The van der Waals surface area contributed by atoms with Gasteiger partial charge in [0.05, 0.1) is 11.7 Å².